The minimum Gasteiger partial charge on any atom is -0.455 e. The highest BCUT2D eigenvalue weighted by Crippen LogP contribution is 2.35. The van der Waals surface area contributed by atoms with E-state index < -0.39 is 18.6 Å². The maximum Gasteiger partial charge on any atom is 0.553 e. The van der Waals surface area contributed by atoms with Gasteiger partial charge in [-0.15, -0.1) is 0 Å². The molecule has 0 fully saturated rings. The van der Waals surface area contributed by atoms with Crippen LogP contribution < -0.4 is 10.0 Å². The van der Waals surface area contributed by atoms with Crippen molar-refractivity contribution in [1.82, 2.24) is 0 Å². The number of benzene rings is 2. The lowest BCUT2D eigenvalue weighted by atomic mass is 10.2. The van der Waals surface area contributed by atoms with Crippen LogP contribution in [0.5, 0.6) is 11.5 Å². The molecule has 1 atom stereocenters. The maximum atomic E-state index is 11.3. The number of rotatable bonds is 4. The Bertz CT molecular complexity index is 781. The molecular weight excluding hydrogens is 352 g/mol. The normalized spacial score (nSPS) is 11.2. The molecule has 114 valence electrons. The summed E-state index contributed by atoms with van der Waals surface area (Å²) in [7, 11) is -2.89. The second-order valence-electron chi connectivity index (χ2n) is 4.31. The Balaban J connectivity index is 2.49. The molecule has 6 nitrogen and oxygen atoms in total. The molecule has 0 saturated carbocycles. The average Bonchev–Trinajstić information content (AvgIpc) is 2.42. The van der Waals surface area contributed by atoms with E-state index in [-0.39, 0.29) is 21.8 Å². The fraction of sp³-hybridized carbons (Fsp3) is 0.0769. The van der Waals surface area contributed by atoms with E-state index in [1.54, 1.807) is 13.0 Å². The summed E-state index contributed by atoms with van der Waals surface area (Å²) in [6.07, 6.45) is 0. The molecule has 1 N–H and O–H groups in total. The van der Waals surface area contributed by atoms with Crippen molar-refractivity contribution in [2.75, 3.05) is 0 Å². The average molecular weight is 361 g/mol. The molecular formula is C13H9Cl2NO5P+. The first-order valence-corrected chi connectivity index (χ1v) is 7.84. The zero-order valence-corrected chi connectivity index (χ0v) is 13.5. The number of ether oxygens (including phenoxy) is 1. The van der Waals surface area contributed by atoms with Crippen molar-refractivity contribution in [3.05, 3.63) is 56.1 Å². The Labute approximate surface area is 136 Å². The predicted octanol–water partition coefficient (Wildman–Crippen LogP) is 4.36. The first-order valence-electron chi connectivity index (χ1n) is 5.87. The second kappa shape index (κ2) is 6.58. The van der Waals surface area contributed by atoms with Crippen LogP contribution in [0.2, 0.25) is 10.0 Å². The minimum atomic E-state index is -2.89. The number of halogens is 2. The summed E-state index contributed by atoms with van der Waals surface area (Å²) in [6.45, 7) is 1.58. The van der Waals surface area contributed by atoms with Crippen molar-refractivity contribution in [3.63, 3.8) is 0 Å². The molecule has 0 radical (unpaired) electrons. The van der Waals surface area contributed by atoms with Gasteiger partial charge < -0.3 is 4.74 Å². The molecule has 9 heteroatoms. The summed E-state index contributed by atoms with van der Waals surface area (Å²) >= 11 is 11.8. The Morgan fingerprint density at radius 1 is 1.23 bits per heavy atom. The molecule has 22 heavy (non-hydrogen) atoms. The van der Waals surface area contributed by atoms with Gasteiger partial charge in [0.25, 0.3) is 0 Å². The van der Waals surface area contributed by atoms with Crippen LogP contribution in [0.1, 0.15) is 5.56 Å². The zero-order valence-electron chi connectivity index (χ0n) is 11.1. The van der Waals surface area contributed by atoms with Crippen molar-refractivity contribution in [3.8, 4) is 11.5 Å². The molecule has 2 aromatic rings. The molecule has 0 aliphatic carbocycles. The lowest BCUT2D eigenvalue weighted by Gasteiger charge is -2.10. The van der Waals surface area contributed by atoms with Gasteiger partial charge in [-0.05, 0) is 35.3 Å². The third kappa shape index (κ3) is 3.54. The molecule has 1 unspecified atom stereocenters. The van der Waals surface area contributed by atoms with Gasteiger partial charge in [0.15, 0.2) is 0 Å². The standard InChI is InChI=1S/C13H8Cl2NO5P/c1-7-4-10(16(17)18)13(22(19)20)6-12(7)21-11-3-2-8(14)5-9(11)15/h2-6H,1H3/p+1. The number of hydrogen-bond donors (Lipinski definition) is 1. The van der Waals surface area contributed by atoms with Crippen LogP contribution >= 0.6 is 31.2 Å². The SMILES string of the molecule is Cc1cc([N+](=O)[O-])c([P+](=O)O)cc1Oc1ccc(Cl)cc1Cl. The summed E-state index contributed by atoms with van der Waals surface area (Å²) in [5, 5.41) is 11.3. The van der Waals surface area contributed by atoms with E-state index in [1.807, 2.05) is 0 Å². The highest BCUT2D eigenvalue weighted by atomic mass is 35.5. The number of nitro groups is 1. The summed E-state index contributed by atoms with van der Waals surface area (Å²) in [5.41, 5.74) is -0.00557. The number of hydrogen-bond acceptors (Lipinski definition) is 4. The van der Waals surface area contributed by atoms with Crippen molar-refractivity contribution in [2.45, 2.75) is 6.92 Å². The molecule has 0 spiro atoms. The van der Waals surface area contributed by atoms with Gasteiger partial charge >= 0.3 is 19.0 Å². The van der Waals surface area contributed by atoms with Crippen LogP contribution in [0, 0.1) is 17.0 Å². The lowest BCUT2D eigenvalue weighted by molar-refractivity contribution is -0.383. The first kappa shape index (κ1) is 16.6. The van der Waals surface area contributed by atoms with Gasteiger partial charge in [-0.2, -0.15) is 4.89 Å². The fourth-order valence-corrected chi connectivity index (χ4v) is 2.76. The van der Waals surface area contributed by atoms with Crippen LogP contribution in [0.15, 0.2) is 30.3 Å². The van der Waals surface area contributed by atoms with Gasteiger partial charge in [0.1, 0.15) is 11.5 Å². The van der Waals surface area contributed by atoms with E-state index in [2.05, 4.69) is 0 Å². The third-order valence-corrected chi connectivity index (χ3v) is 4.09. The van der Waals surface area contributed by atoms with Gasteiger partial charge in [-0.3, -0.25) is 10.1 Å². The van der Waals surface area contributed by atoms with E-state index in [1.165, 1.54) is 18.2 Å². The number of aryl methyl sites for hydroxylation is 1. The largest absolute Gasteiger partial charge is 0.553 e. The molecule has 0 aliphatic rings. The minimum absolute atomic E-state index is 0.197. The predicted molar refractivity (Wildman–Crippen MR) is 83.8 cm³/mol. The summed E-state index contributed by atoms with van der Waals surface area (Å²) < 4.78 is 16.9. The molecule has 0 amide bonds. The number of nitro benzene ring substituents is 1. The van der Waals surface area contributed by atoms with E-state index in [0.29, 0.717) is 10.6 Å². The quantitative estimate of drug-likeness (QED) is 0.496. The second-order valence-corrected chi connectivity index (χ2v) is 6.18. The van der Waals surface area contributed by atoms with E-state index >= 15 is 0 Å². The van der Waals surface area contributed by atoms with Crippen LogP contribution in [-0.4, -0.2) is 9.82 Å². The molecule has 0 bridgehead atoms. The van der Waals surface area contributed by atoms with Gasteiger partial charge in [0.2, 0.25) is 0 Å². The number of nitrogens with zero attached hydrogens (tertiary/aromatic N) is 1. The highest BCUT2D eigenvalue weighted by Gasteiger charge is 2.32. The Morgan fingerprint density at radius 2 is 1.91 bits per heavy atom. The fourth-order valence-electron chi connectivity index (χ4n) is 1.75. The summed E-state index contributed by atoms with van der Waals surface area (Å²) in [5.74, 6) is 0.476. The smallest absolute Gasteiger partial charge is 0.455 e. The molecule has 2 rings (SSSR count). The molecule has 0 saturated heterocycles. The highest BCUT2D eigenvalue weighted by molar-refractivity contribution is 7.47. The summed E-state index contributed by atoms with van der Waals surface area (Å²) in [4.78, 5) is 19.4. The van der Waals surface area contributed by atoms with E-state index in [4.69, 9.17) is 27.9 Å². The van der Waals surface area contributed by atoms with Crippen molar-refractivity contribution in [1.29, 1.82) is 0 Å². The van der Waals surface area contributed by atoms with Crippen LogP contribution in [0.25, 0.3) is 0 Å². The van der Waals surface area contributed by atoms with Crippen molar-refractivity contribution in [2.24, 2.45) is 0 Å². The Morgan fingerprint density at radius 3 is 2.45 bits per heavy atom. The van der Waals surface area contributed by atoms with Crippen LogP contribution in [-0.2, 0) is 4.57 Å². The molecule has 2 aromatic carbocycles. The van der Waals surface area contributed by atoms with Crippen LogP contribution in [0.4, 0.5) is 5.69 Å². The van der Waals surface area contributed by atoms with Crippen molar-refractivity contribution >= 4 is 42.2 Å². The van der Waals surface area contributed by atoms with Gasteiger partial charge in [0.05, 0.1) is 9.95 Å². The van der Waals surface area contributed by atoms with Crippen LogP contribution in [0.3, 0.4) is 0 Å². The third-order valence-electron chi connectivity index (χ3n) is 2.79. The molecule has 0 heterocycles. The maximum absolute atomic E-state index is 11.3. The zero-order chi connectivity index (χ0) is 16.4. The van der Waals surface area contributed by atoms with Gasteiger partial charge in [-0.1, -0.05) is 23.2 Å². The van der Waals surface area contributed by atoms with Gasteiger partial charge in [-0.25, -0.2) is 0 Å². The van der Waals surface area contributed by atoms with Gasteiger partial charge in [0, 0.05) is 17.2 Å². The Kier molecular flexibility index (Phi) is 4.98. The van der Waals surface area contributed by atoms with E-state index in [9.17, 15) is 19.6 Å². The van der Waals surface area contributed by atoms with Crippen molar-refractivity contribution < 1.29 is 19.1 Å². The summed E-state index contributed by atoms with van der Waals surface area (Å²) in [6, 6.07) is 6.92. The monoisotopic (exact) mass is 360 g/mol. The molecule has 0 aromatic heterocycles. The lowest BCUT2D eigenvalue weighted by Crippen LogP contribution is -2.07. The topological polar surface area (TPSA) is 89.7 Å². The first-order chi connectivity index (χ1) is 10.3. The molecule has 0 aliphatic heterocycles. The Hall–Kier alpha value is -1.72. The van der Waals surface area contributed by atoms with E-state index in [0.717, 1.165) is 6.07 Å².